The van der Waals surface area contributed by atoms with E-state index in [4.69, 9.17) is 0 Å². The van der Waals surface area contributed by atoms with Crippen LogP contribution in [0.15, 0.2) is 4.47 Å². The summed E-state index contributed by atoms with van der Waals surface area (Å²) in [7, 11) is 4.21. The first-order valence-electron chi connectivity index (χ1n) is 6.18. The molecule has 1 fully saturated rings. The molecule has 1 N–H and O–H groups in total. The Morgan fingerprint density at radius 3 is 2.88 bits per heavy atom. The highest BCUT2D eigenvalue weighted by molar-refractivity contribution is 9.10. The van der Waals surface area contributed by atoms with Gasteiger partial charge in [-0.1, -0.05) is 0 Å². The van der Waals surface area contributed by atoms with Gasteiger partial charge in [-0.3, -0.25) is 9.58 Å². The largest absolute Gasteiger partial charge is 0.315 e. The highest BCUT2D eigenvalue weighted by Gasteiger charge is 2.20. The summed E-state index contributed by atoms with van der Waals surface area (Å²) >= 11 is 3.63. The molecule has 96 valence electrons. The Hall–Kier alpha value is -0.390. The number of hydrogen-bond acceptors (Lipinski definition) is 3. The summed E-state index contributed by atoms with van der Waals surface area (Å²) in [5, 5.41) is 7.90. The minimum absolute atomic E-state index is 0.644. The molecule has 1 aromatic rings. The van der Waals surface area contributed by atoms with Gasteiger partial charge in [0.25, 0.3) is 0 Å². The van der Waals surface area contributed by atoms with E-state index in [1.165, 1.54) is 25.1 Å². The van der Waals surface area contributed by atoms with Crippen LogP contribution in [-0.4, -0.2) is 40.9 Å². The lowest BCUT2D eigenvalue weighted by molar-refractivity contribution is 0.191. The summed E-state index contributed by atoms with van der Waals surface area (Å²) in [5.41, 5.74) is 2.33. The molecule has 2 rings (SSSR count). The van der Waals surface area contributed by atoms with Crippen molar-refractivity contribution in [3.8, 4) is 0 Å². The highest BCUT2D eigenvalue weighted by Crippen LogP contribution is 2.22. The smallest absolute Gasteiger partial charge is 0.0739 e. The summed E-state index contributed by atoms with van der Waals surface area (Å²) in [6, 6.07) is 0.644. The first-order valence-corrected chi connectivity index (χ1v) is 6.98. The topological polar surface area (TPSA) is 33.1 Å². The zero-order valence-electron chi connectivity index (χ0n) is 10.8. The third-order valence-electron chi connectivity index (χ3n) is 3.56. The Labute approximate surface area is 111 Å². The lowest BCUT2D eigenvalue weighted by atomic mass is 10.1. The van der Waals surface area contributed by atoms with Gasteiger partial charge < -0.3 is 5.32 Å². The Bertz CT molecular complexity index is 382. The quantitative estimate of drug-likeness (QED) is 0.922. The average molecular weight is 301 g/mol. The van der Waals surface area contributed by atoms with Crippen LogP contribution in [0.2, 0.25) is 0 Å². The second kappa shape index (κ2) is 5.50. The van der Waals surface area contributed by atoms with Crippen LogP contribution in [0.5, 0.6) is 0 Å². The second-order valence-corrected chi connectivity index (χ2v) is 5.68. The summed E-state index contributed by atoms with van der Waals surface area (Å²) in [4.78, 5) is 2.42. The molecule has 0 aromatic carbocycles. The molecule has 1 atom stereocenters. The maximum atomic E-state index is 4.44. The third kappa shape index (κ3) is 2.89. The number of aryl methyl sites for hydroxylation is 2. The van der Waals surface area contributed by atoms with E-state index in [2.05, 4.69) is 38.3 Å². The van der Waals surface area contributed by atoms with Crippen LogP contribution in [0.1, 0.15) is 24.2 Å². The summed E-state index contributed by atoms with van der Waals surface area (Å²) in [6.07, 6.45) is 2.57. The van der Waals surface area contributed by atoms with Crippen molar-refractivity contribution in [2.24, 2.45) is 7.05 Å². The molecule has 1 aromatic heterocycles. The Morgan fingerprint density at radius 2 is 2.35 bits per heavy atom. The van der Waals surface area contributed by atoms with Crippen molar-refractivity contribution in [1.82, 2.24) is 20.0 Å². The van der Waals surface area contributed by atoms with E-state index in [1.807, 2.05) is 18.7 Å². The molecule has 0 radical (unpaired) electrons. The van der Waals surface area contributed by atoms with Crippen LogP contribution < -0.4 is 5.32 Å². The van der Waals surface area contributed by atoms with Crippen LogP contribution in [0, 0.1) is 6.92 Å². The second-order valence-electron chi connectivity index (χ2n) is 4.88. The summed E-state index contributed by atoms with van der Waals surface area (Å²) < 4.78 is 3.13. The van der Waals surface area contributed by atoms with E-state index in [0.717, 1.165) is 23.3 Å². The molecule has 4 nitrogen and oxygen atoms in total. The van der Waals surface area contributed by atoms with Crippen LogP contribution in [0.3, 0.4) is 0 Å². The zero-order valence-corrected chi connectivity index (χ0v) is 12.4. The Balaban J connectivity index is 2.04. The van der Waals surface area contributed by atoms with Crippen molar-refractivity contribution in [2.45, 2.75) is 32.4 Å². The van der Waals surface area contributed by atoms with Crippen molar-refractivity contribution in [3.63, 3.8) is 0 Å². The van der Waals surface area contributed by atoms with Gasteiger partial charge in [0, 0.05) is 26.2 Å². The van der Waals surface area contributed by atoms with E-state index >= 15 is 0 Å². The fourth-order valence-electron chi connectivity index (χ4n) is 2.43. The molecule has 0 spiro atoms. The molecule has 0 amide bonds. The van der Waals surface area contributed by atoms with Gasteiger partial charge in [0.05, 0.1) is 15.9 Å². The number of rotatable bonds is 3. The summed E-state index contributed by atoms with van der Waals surface area (Å²) in [6.45, 7) is 5.25. The molecule has 0 saturated carbocycles. The van der Waals surface area contributed by atoms with Crippen molar-refractivity contribution in [2.75, 3.05) is 20.1 Å². The van der Waals surface area contributed by atoms with Crippen LogP contribution in [0.25, 0.3) is 0 Å². The number of nitrogens with zero attached hydrogens (tertiary/aromatic N) is 3. The van der Waals surface area contributed by atoms with Gasteiger partial charge in [-0.25, -0.2) is 0 Å². The normalized spacial score (nSPS) is 21.1. The Kier molecular flexibility index (Phi) is 4.22. The van der Waals surface area contributed by atoms with Crippen LogP contribution in [0.4, 0.5) is 0 Å². The van der Waals surface area contributed by atoms with Crippen molar-refractivity contribution >= 4 is 15.9 Å². The molecule has 1 aliphatic heterocycles. The van der Waals surface area contributed by atoms with E-state index in [-0.39, 0.29) is 0 Å². The predicted octanol–water partition coefficient (Wildman–Crippen LogP) is 1.67. The molecular weight excluding hydrogens is 280 g/mol. The van der Waals surface area contributed by atoms with E-state index < -0.39 is 0 Å². The van der Waals surface area contributed by atoms with Gasteiger partial charge in [0.1, 0.15) is 0 Å². The lowest BCUT2D eigenvalue weighted by Gasteiger charge is -2.31. The van der Waals surface area contributed by atoms with E-state index in [0.29, 0.717) is 6.04 Å². The third-order valence-corrected chi connectivity index (χ3v) is 4.59. The highest BCUT2D eigenvalue weighted by atomic mass is 79.9. The van der Waals surface area contributed by atoms with Crippen molar-refractivity contribution in [3.05, 3.63) is 15.9 Å². The van der Waals surface area contributed by atoms with Gasteiger partial charge in [-0.05, 0) is 49.3 Å². The Morgan fingerprint density at radius 1 is 1.59 bits per heavy atom. The standard InChI is InChI=1S/C12H21BrN4/c1-9-12(13)11(17(3)15-9)8-16(2)10-5-4-6-14-7-10/h10,14H,4-8H2,1-3H3. The molecule has 0 aliphatic carbocycles. The maximum absolute atomic E-state index is 4.44. The zero-order chi connectivity index (χ0) is 12.4. The monoisotopic (exact) mass is 300 g/mol. The van der Waals surface area contributed by atoms with Crippen molar-refractivity contribution < 1.29 is 0 Å². The van der Waals surface area contributed by atoms with Gasteiger partial charge >= 0.3 is 0 Å². The molecular formula is C12H21BrN4. The number of nitrogens with one attached hydrogen (secondary N) is 1. The fourth-order valence-corrected chi connectivity index (χ4v) is 2.89. The summed E-state index contributed by atoms with van der Waals surface area (Å²) in [5.74, 6) is 0. The number of hydrogen-bond donors (Lipinski definition) is 1. The molecule has 0 bridgehead atoms. The van der Waals surface area contributed by atoms with Gasteiger partial charge in [-0.2, -0.15) is 5.10 Å². The molecule has 1 aliphatic rings. The van der Waals surface area contributed by atoms with E-state index in [9.17, 15) is 0 Å². The number of aromatic nitrogens is 2. The average Bonchev–Trinajstić information content (AvgIpc) is 2.57. The number of halogens is 1. The van der Waals surface area contributed by atoms with Gasteiger partial charge in [0.15, 0.2) is 0 Å². The van der Waals surface area contributed by atoms with Gasteiger partial charge in [-0.15, -0.1) is 0 Å². The molecule has 1 saturated heterocycles. The van der Waals surface area contributed by atoms with E-state index in [1.54, 1.807) is 0 Å². The minimum atomic E-state index is 0.644. The van der Waals surface area contributed by atoms with Crippen LogP contribution in [-0.2, 0) is 13.6 Å². The van der Waals surface area contributed by atoms with Crippen molar-refractivity contribution in [1.29, 1.82) is 0 Å². The first-order chi connectivity index (χ1) is 8.09. The SMILES string of the molecule is Cc1nn(C)c(CN(C)C2CCCNC2)c1Br. The fraction of sp³-hybridized carbons (Fsp3) is 0.750. The lowest BCUT2D eigenvalue weighted by Crippen LogP contribution is -2.44. The van der Waals surface area contributed by atoms with Crippen LogP contribution >= 0.6 is 15.9 Å². The molecule has 2 heterocycles. The predicted molar refractivity (Wildman–Crippen MR) is 73.0 cm³/mol. The number of likely N-dealkylation sites (N-methyl/N-ethyl adjacent to an activating group) is 1. The minimum Gasteiger partial charge on any atom is -0.315 e. The molecule has 17 heavy (non-hydrogen) atoms. The first kappa shape index (κ1) is 13.1. The molecule has 5 heteroatoms. The van der Waals surface area contributed by atoms with Gasteiger partial charge in [0.2, 0.25) is 0 Å². The number of piperidine rings is 1. The molecule has 1 unspecified atom stereocenters. The maximum Gasteiger partial charge on any atom is 0.0739 e.